The summed E-state index contributed by atoms with van der Waals surface area (Å²) < 4.78 is 28.1. The van der Waals surface area contributed by atoms with Crippen LogP contribution in [-0.2, 0) is 16.4 Å². The molecule has 0 unspecified atom stereocenters. The largest absolute Gasteiger partial charge is 0.309 e. The van der Waals surface area contributed by atoms with Crippen molar-refractivity contribution in [3.63, 3.8) is 0 Å². The number of carbonyl (C=O) groups excluding carboxylic acids is 1. The van der Waals surface area contributed by atoms with E-state index in [9.17, 15) is 13.2 Å². The van der Waals surface area contributed by atoms with Crippen molar-refractivity contribution in [1.82, 2.24) is 14.2 Å². The van der Waals surface area contributed by atoms with Crippen molar-refractivity contribution in [3.8, 4) is 0 Å². The summed E-state index contributed by atoms with van der Waals surface area (Å²) in [6, 6.07) is 12.4. The van der Waals surface area contributed by atoms with Crippen LogP contribution in [0, 0.1) is 0 Å². The molecule has 0 radical (unpaired) electrons. The molecule has 0 bridgehead atoms. The second-order valence-corrected chi connectivity index (χ2v) is 11.3. The van der Waals surface area contributed by atoms with Gasteiger partial charge in [0.05, 0.1) is 15.1 Å². The summed E-state index contributed by atoms with van der Waals surface area (Å²) in [5.74, 6) is -0.180. The van der Waals surface area contributed by atoms with E-state index >= 15 is 0 Å². The first-order valence-corrected chi connectivity index (χ1v) is 13.9. The van der Waals surface area contributed by atoms with Gasteiger partial charge in [-0.15, -0.1) is 12.4 Å². The second kappa shape index (κ2) is 12.8. The van der Waals surface area contributed by atoms with Crippen molar-refractivity contribution in [1.29, 1.82) is 0 Å². The quantitative estimate of drug-likeness (QED) is 0.347. The highest BCUT2D eigenvalue weighted by molar-refractivity contribution is 7.89. The van der Waals surface area contributed by atoms with Gasteiger partial charge in [-0.2, -0.15) is 4.31 Å². The summed E-state index contributed by atoms with van der Waals surface area (Å²) in [5, 5.41) is 0.659. The average molecular weight is 539 g/mol. The minimum atomic E-state index is -3.57. The van der Waals surface area contributed by atoms with Gasteiger partial charge in [0.1, 0.15) is 0 Å². The van der Waals surface area contributed by atoms with Gasteiger partial charge in [-0.1, -0.05) is 38.2 Å². The van der Waals surface area contributed by atoms with E-state index in [0.717, 1.165) is 29.6 Å². The van der Waals surface area contributed by atoms with Crippen LogP contribution in [0.2, 0.25) is 0 Å². The van der Waals surface area contributed by atoms with Gasteiger partial charge in [-0.05, 0) is 75.4 Å². The van der Waals surface area contributed by atoms with Crippen LogP contribution in [0.15, 0.2) is 47.4 Å². The molecule has 0 fully saturated rings. The van der Waals surface area contributed by atoms with E-state index in [-0.39, 0.29) is 23.2 Å². The zero-order chi connectivity index (χ0) is 24.9. The number of hydrogen-bond acceptors (Lipinski definition) is 6. The van der Waals surface area contributed by atoms with Crippen molar-refractivity contribution in [3.05, 3.63) is 53.6 Å². The van der Waals surface area contributed by atoms with Crippen LogP contribution in [0.1, 0.15) is 43.1 Å². The Bertz CT molecular complexity index is 1220. The van der Waals surface area contributed by atoms with Crippen LogP contribution < -0.4 is 4.90 Å². The molecule has 2 aromatic carbocycles. The maximum absolute atomic E-state index is 13.5. The SMILES string of the molecule is CCc1ccc2nc(N(CCCN(C)C)C(=O)c3ccc(S(=O)(=O)N(CC)CC)cc3)sc2c1.Cl. The summed E-state index contributed by atoms with van der Waals surface area (Å²) in [6.45, 7) is 7.90. The summed E-state index contributed by atoms with van der Waals surface area (Å²) in [7, 11) is 0.439. The molecule has 0 spiro atoms. The molecule has 0 aliphatic carbocycles. The van der Waals surface area contributed by atoms with Crippen LogP contribution in [-0.4, -0.2) is 68.8 Å². The first kappa shape index (κ1) is 29.2. The van der Waals surface area contributed by atoms with Crippen molar-refractivity contribution in [2.24, 2.45) is 0 Å². The zero-order valence-corrected chi connectivity index (χ0v) is 23.5. The highest BCUT2D eigenvalue weighted by Crippen LogP contribution is 2.31. The number of sulfonamides is 1. The van der Waals surface area contributed by atoms with E-state index in [2.05, 4.69) is 24.0 Å². The highest BCUT2D eigenvalue weighted by atomic mass is 35.5. The topological polar surface area (TPSA) is 73.8 Å². The fraction of sp³-hybridized carbons (Fsp3) is 0.440. The van der Waals surface area contributed by atoms with Gasteiger partial charge in [0, 0.05) is 25.2 Å². The Morgan fingerprint density at radius 2 is 1.63 bits per heavy atom. The zero-order valence-electron chi connectivity index (χ0n) is 21.0. The number of amides is 1. The highest BCUT2D eigenvalue weighted by Gasteiger charge is 2.24. The summed E-state index contributed by atoms with van der Waals surface area (Å²) >= 11 is 1.51. The number of nitrogens with zero attached hydrogens (tertiary/aromatic N) is 4. The molecule has 1 aromatic heterocycles. The van der Waals surface area contributed by atoms with E-state index < -0.39 is 10.0 Å². The molecule has 1 amide bonds. The molecule has 3 aromatic rings. The molecule has 0 aliphatic heterocycles. The Morgan fingerprint density at radius 3 is 2.20 bits per heavy atom. The molecule has 10 heteroatoms. The fourth-order valence-electron chi connectivity index (χ4n) is 3.76. The lowest BCUT2D eigenvalue weighted by Gasteiger charge is -2.22. The average Bonchev–Trinajstić information content (AvgIpc) is 3.24. The van der Waals surface area contributed by atoms with Crippen molar-refractivity contribution in [2.75, 3.05) is 45.2 Å². The molecule has 0 saturated carbocycles. The Kier molecular flexibility index (Phi) is 10.7. The third kappa shape index (κ3) is 6.80. The van der Waals surface area contributed by atoms with Gasteiger partial charge in [-0.3, -0.25) is 9.69 Å². The van der Waals surface area contributed by atoms with Crippen molar-refractivity contribution in [2.45, 2.75) is 38.5 Å². The Morgan fingerprint density at radius 1 is 0.971 bits per heavy atom. The van der Waals surface area contributed by atoms with Crippen LogP contribution in [0.25, 0.3) is 10.2 Å². The predicted octanol–water partition coefficient (Wildman–Crippen LogP) is 4.91. The first-order chi connectivity index (χ1) is 16.2. The molecule has 0 atom stereocenters. The summed E-state index contributed by atoms with van der Waals surface area (Å²) in [4.78, 5) is 22.3. The van der Waals surface area contributed by atoms with Crippen LogP contribution in [0.5, 0.6) is 0 Å². The van der Waals surface area contributed by atoms with Crippen molar-refractivity contribution < 1.29 is 13.2 Å². The number of anilines is 1. The van der Waals surface area contributed by atoms with Gasteiger partial charge >= 0.3 is 0 Å². The third-order valence-corrected chi connectivity index (χ3v) is 8.86. The minimum absolute atomic E-state index is 0. The lowest BCUT2D eigenvalue weighted by Crippen LogP contribution is -2.33. The first-order valence-electron chi connectivity index (χ1n) is 11.7. The van der Waals surface area contributed by atoms with Crippen LogP contribution in [0.3, 0.4) is 0 Å². The van der Waals surface area contributed by atoms with Gasteiger partial charge in [0.2, 0.25) is 10.0 Å². The van der Waals surface area contributed by atoms with E-state index in [1.165, 1.54) is 33.3 Å². The number of thiazole rings is 1. The van der Waals surface area contributed by atoms with E-state index in [1.54, 1.807) is 17.0 Å². The van der Waals surface area contributed by atoms with Crippen LogP contribution >= 0.6 is 23.7 Å². The predicted molar refractivity (Wildman–Crippen MR) is 148 cm³/mol. The molecule has 35 heavy (non-hydrogen) atoms. The molecule has 0 aliphatic rings. The molecule has 0 saturated heterocycles. The molecule has 192 valence electrons. The molecular formula is C25H35ClN4O3S2. The van der Waals surface area contributed by atoms with Gasteiger partial charge < -0.3 is 4.90 Å². The number of fused-ring (bicyclic) bond motifs is 1. The van der Waals surface area contributed by atoms with Crippen molar-refractivity contribution >= 4 is 55.0 Å². The number of halogens is 1. The van der Waals surface area contributed by atoms with E-state index in [0.29, 0.717) is 30.3 Å². The molecule has 0 N–H and O–H groups in total. The Labute approximate surface area is 219 Å². The molecule has 1 heterocycles. The molecule has 7 nitrogen and oxygen atoms in total. The van der Waals surface area contributed by atoms with Gasteiger partial charge in [0.25, 0.3) is 5.91 Å². The molecule has 3 rings (SSSR count). The number of hydrogen-bond donors (Lipinski definition) is 0. The number of aromatic nitrogens is 1. The fourth-order valence-corrected chi connectivity index (χ4v) is 6.27. The van der Waals surface area contributed by atoms with Crippen LogP contribution in [0.4, 0.5) is 5.13 Å². The van der Waals surface area contributed by atoms with Gasteiger partial charge in [0.15, 0.2) is 5.13 Å². The maximum Gasteiger partial charge on any atom is 0.260 e. The standard InChI is InChI=1S/C25H34N4O3S2.ClH/c1-6-19-10-15-22-23(18-19)33-25(26-22)29(17-9-16-27(4)5)24(30)20-11-13-21(14-12-20)34(31,32)28(7-2)8-3;/h10-15,18H,6-9,16-17H2,1-5H3;1H. The van der Waals surface area contributed by atoms with Gasteiger partial charge in [-0.25, -0.2) is 13.4 Å². The molecular weight excluding hydrogens is 504 g/mol. The minimum Gasteiger partial charge on any atom is -0.309 e. The lowest BCUT2D eigenvalue weighted by molar-refractivity contribution is 0.0986. The number of carbonyl (C=O) groups is 1. The van der Waals surface area contributed by atoms with E-state index in [1.807, 2.05) is 34.0 Å². The lowest BCUT2D eigenvalue weighted by atomic mass is 10.2. The number of rotatable bonds is 11. The third-order valence-electron chi connectivity index (χ3n) is 5.76. The smallest absolute Gasteiger partial charge is 0.260 e. The normalized spacial score (nSPS) is 11.7. The Balaban J connectivity index is 0.00000432. The maximum atomic E-state index is 13.5. The number of aryl methyl sites for hydroxylation is 1. The Hall–Kier alpha value is -2.04. The number of benzene rings is 2. The van der Waals surface area contributed by atoms with E-state index in [4.69, 9.17) is 4.98 Å². The summed E-state index contributed by atoms with van der Waals surface area (Å²) in [5.41, 5.74) is 2.55. The summed E-state index contributed by atoms with van der Waals surface area (Å²) in [6.07, 6.45) is 1.74. The second-order valence-electron chi connectivity index (χ2n) is 8.38. The monoisotopic (exact) mass is 538 g/mol.